The van der Waals surface area contributed by atoms with Gasteiger partial charge in [-0.1, -0.05) is 6.92 Å². The average Bonchev–Trinajstić information content (AvgIpc) is 3.32. The van der Waals surface area contributed by atoms with Crippen LogP contribution in [0.5, 0.6) is 0 Å². The molecule has 1 amide bonds. The fraction of sp³-hybridized carbons (Fsp3) is 0.722. The lowest BCUT2D eigenvalue weighted by Gasteiger charge is -2.34. The van der Waals surface area contributed by atoms with E-state index in [2.05, 4.69) is 10.2 Å². The Morgan fingerprint density at radius 3 is 3.00 bits per heavy atom. The van der Waals surface area contributed by atoms with Crippen molar-refractivity contribution in [1.29, 1.82) is 0 Å². The molecule has 4 heterocycles. The number of aromatic nitrogens is 2. The molecule has 3 atom stereocenters. The molecule has 1 N–H and O–H groups in total. The first kappa shape index (κ1) is 16.6. The summed E-state index contributed by atoms with van der Waals surface area (Å²) in [6.07, 6.45) is 3.94. The molecule has 3 aliphatic heterocycles. The van der Waals surface area contributed by atoms with Gasteiger partial charge in [0.05, 0.1) is 25.2 Å². The first-order valence-corrected chi connectivity index (χ1v) is 9.26. The number of fused-ring (bicyclic) bond motifs is 3. The van der Waals surface area contributed by atoms with Crippen molar-refractivity contribution in [3.05, 3.63) is 17.0 Å². The first-order chi connectivity index (χ1) is 12.1. The lowest BCUT2D eigenvalue weighted by molar-refractivity contribution is -0.157. The molecule has 4 rings (SSSR count). The van der Waals surface area contributed by atoms with Crippen LogP contribution in [0.4, 0.5) is 0 Å². The molecule has 2 saturated heterocycles. The van der Waals surface area contributed by atoms with E-state index in [-0.39, 0.29) is 24.0 Å². The van der Waals surface area contributed by atoms with Crippen LogP contribution < -0.4 is 0 Å². The maximum Gasteiger partial charge on any atom is 0.314 e. The number of carbonyl (C=O) groups is 2. The summed E-state index contributed by atoms with van der Waals surface area (Å²) in [5.41, 5.74) is 1.76. The van der Waals surface area contributed by atoms with E-state index < -0.39 is 5.41 Å². The summed E-state index contributed by atoms with van der Waals surface area (Å²) in [6, 6.07) is 0.00428. The standard InChI is InChI=1S/C18H25N3O4/c1-3-18(17(23)25-4-2)9-11-5-6-14(18)21(11)16(22)15-12-10-24-8-7-13(12)19-20-15/h11,14H,3-10H2,1-2H3,(H,19,20)/t11-,14+,18+/m1/s1. The lowest BCUT2D eigenvalue weighted by Crippen LogP contribution is -2.45. The summed E-state index contributed by atoms with van der Waals surface area (Å²) in [7, 11) is 0. The second-order valence-corrected chi connectivity index (χ2v) is 7.23. The van der Waals surface area contributed by atoms with Gasteiger partial charge in [0.1, 0.15) is 0 Å². The van der Waals surface area contributed by atoms with Crippen molar-refractivity contribution in [2.45, 2.75) is 64.6 Å². The minimum atomic E-state index is -0.568. The number of hydrogen-bond donors (Lipinski definition) is 1. The van der Waals surface area contributed by atoms with Crippen molar-refractivity contribution in [3.8, 4) is 0 Å². The smallest absolute Gasteiger partial charge is 0.314 e. The molecule has 136 valence electrons. The molecular formula is C18H25N3O4. The largest absolute Gasteiger partial charge is 0.466 e. The number of ether oxygens (including phenoxy) is 2. The van der Waals surface area contributed by atoms with Crippen LogP contribution in [0.15, 0.2) is 0 Å². The van der Waals surface area contributed by atoms with Crippen LogP contribution >= 0.6 is 0 Å². The van der Waals surface area contributed by atoms with Gasteiger partial charge in [-0.2, -0.15) is 5.10 Å². The average molecular weight is 347 g/mol. The van der Waals surface area contributed by atoms with E-state index >= 15 is 0 Å². The van der Waals surface area contributed by atoms with E-state index in [1.807, 2.05) is 18.7 Å². The third-order valence-electron chi connectivity index (χ3n) is 6.19. The van der Waals surface area contributed by atoms with Crippen molar-refractivity contribution in [2.75, 3.05) is 13.2 Å². The third kappa shape index (κ3) is 2.32. The molecule has 2 bridgehead atoms. The van der Waals surface area contributed by atoms with Gasteiger partial charge in [-0.25, -0.2) is 0 Å². The van der Waals surface area contributed by atoms with Gasteiger partial charge in [0.25, 0.3) is 5.91 Å². The zero-order chi connectivity index (χ0) is 17.6. The number of nitrogens with zero attached hydrogens (tertiary/aromatic N) is 2. The SMILES string of the molecule is CCOC(=O)[C@@]1(CC)C[C@H]2CC[C@@H]1N2C(=O)c1n[nH]c2c1COCC2. The Morgan fingerprint density at radius 2 is 2.24 bits per heavy atom. The van der Waals surface area contributed by atoms with Gasteiger partial charge in [-0.15, -0.1) is 0 Å². The molecule has 0 aliphatic carbocycles. The highest BCUT2D eigenvalue weighted by Gasteiger charge is 2.61. The van der Waals surface area contributed by atoms with Crippen molar-refractivity contribution >= 4 is 11.9 Å². The molecule has 25 heavy (non-hydrogen) atoms. The van der Waals surface area contributed by atoms with Gasteiger partial charge in [0, 0.05) is 29.8 Å². The summed E-state index contributed by atoms with van der Waals surface area (Å²) in [4.78, 5) is 27.8. The van der Waals surface area contributed by atoms with Crippen LogP contribution in [0.1, 0.15) is 61.3 Å². The van der Waals surface area contributed by atoms with E-state index in [4.69, 9.17) is 9.47 Å². The molecule has 0 saturated carbocycles. The Hall–Kier alpha value is -1.89. The fourth-order valence-electron chi connectivity index (χ4n) is 4.92. The topological polar surface area (TPSA) is 84.5 Å². The Kier molecular flexibility index (Phi) is 4.06. The van der Waals surface area contributed by atoms with Gasteiger partial charge in [0.15, 0.2) is 5.69 Å². The minimum absolute atomic E-state index is 0.0740. The summed E-state index contributed by atoms with van der Waals surface area (Å²) in [5, 5.41) is 7.27. The van der Waals surface area contributed by atoms with Crippen LogP contribution in [-0.4, -0.2) is 52.3 Å². The van der Waals surface area contributed by atoms with Crippen molar-refractivity contribution in [1.82, 2.24) is 15.1 Å². The highest BCUT2D eigenvalue weighted by Crippen LogP contribution is 2.53. The van der Waals surface area contributed by atoms with Crippen LogP contribution in [0, 0.1) is 5.41 Å². The Labute approximate surface area is 147 Å². The molecule has 7 nitrogen and oxygen atoms in total. The van der Waals surface area contributed by atoms with Crippen LogP contribution in [0.2, 0.25) is 0 Å². The molecule has 1 aromatic rings. The number of H-pyrrole nitrogens is 1. The number of carbonyl (C=O) groups excluding carboxylic acids is 2. The number of hydrogen-bond acceptors (Lipinski definition) is 5. The summed E-state index contributed by atoms with van der Waals surface area (Å²) in [6.45, 7) is 5.29. The maximum absolute atomic E-state index is 13.3. The molecule has 2 fully saturated rings. The summed E-state index contributed by atoms with van der Waals surface area (Å²) < 4.78 is 10.9. The monoisotopic (exact) mass is 347 g/mol. The predicted molar refractivity (Wildman–Crippen MR) is 88.9 cm³/mol. The molecule has 1 aromatic heterocycles. The molecule has 3 aliphatic rings. The summed E-state index contributed by atoms with van der Waals surface area (Å²) in [5.74, 6) is -0.231. The summed E-state index contributed by atoms with van der Waals surface area (Å²) >= 11 is 0. The van der Waals surface area contributed by atoms with E-state index in [1.165, 1.54) is 0 Å². The number of rotatable bonds is 4. The van der Waals surface area contributed by atoms with E-state index in [9.17, 15) is 9.59 Å². The van der Waals surface area contributed by atoms with Gasteiger partial charge >= 0.3 is 5.97 Å². The normalized spacial score (nSPS) is 30.4. The van der Waals surface area contributed by atoms with Gasteiger partial charge in [0.2, 0.25) is 0 Å². The Bertz CT molecular complexity index is 700. The molecule has 0 unspecified atom stereocenters. The van der Waals surface area contributed by atoms with Crippen molar-refractivity contribution < 1.29 is 19.1 Å². The number of nitrogens with one attached hydrogen (secondary N) is 1. The minimum Gasteiger partial charge on any atom is -0.466 e. The molecule has 0 spiro atoms. The highest BCUT2D eigenvalue weighted by atomic mass is 16.5. The maximum atomic E-state index is 13.3. The van der Waals surface area contributed by atoms with Gasteiger partial charge < -0.3 is 14.4 Å². The molecule has 7 heteroatoms. The zero-order valence-corrected chi connectivity index (χ0v) is 14.8. The number of aromatic amines is 1. The second kappa shape index (κ2) is 6.12. The van der Waals surface area contributed by atoms with Gasteiger partial charge in [-0.05, 0) is 32.6 Å². The fourth-order valence-corrected chi connectivity index (χ4v) is 4.92. The molecule has 0 aromatic carbocycles. The van der Waals surface area contributed by atoms with E-state index in [0.29, 0.717) is 38.4 Å². The Balaban J connectivity index is 1.64. The second-order valence-electron chi connectivity index (χ2n) is 7.23. The predicted octanol–water partition coefficient (Wildman–Crippen LogP) is 1.82. The number of esters is 1. The van der Waals surface area contributed by atoms with E-state index in [1.54, 1.807) is 0 Å². The van der Waals surface area contributed by atoms with Gasteiger partial charge in [-0.3, -0.25) is 14.7 Å². The van der Waals surface area contributed by atoms with Crippen molar-refractivity contribution in [2.24, 2.45) is 5.41 Å². The molecular weight excluding hydrogens is 322 g/mol. The van der Waals surface area contributed by atoms with Crippen LogP contribution in [-0.2, 0) is 27.3 Å². The van der Waals surface area contributed by atoms with Crippen molar-refractivity contribution in [3.63, 3.8) is 0 Å². The van der Waals surface area contributed by atoms with E-state index in [0.717, 1.165) is 30.5 Å². The molecule has 0 radical (unpaired) electrons. The number of amides is 1. The first-order valence-electron chi connectivity index (χ1n) is 9.26. The van der Waals surface area contributed by atoms with Crippen LogP contribution in [0.3, 0.4) is 0 Å². The van der Waals surface area contributed by atoms with Crippen LogP contribution in [0.25, 0.3) is 0 Å². The third-order valence-corrected chi connectivity index (χ3v) is 6.19. The Morgan fingerprint density at radius 1 is 1.40 bits per heavy atom. The quantitative estimate of drug-likeness (QED) is 0.840. The zero-order valence-electron chi connectivity index (χ0n) is 14.8. The lowest BCUT2D eigenvalue weighted by atomic mass is 9.72. The highest BCUT2D eigenvalue weighted by molar-refractivity contribution is 5.96.